The highest BCUT2D eigenvalue weighted by atomic mass is 16.5. The van der Waals surface area contributed by atoms with Crippen LogP contribution in [0.25, 0.3) is 0 Å². The zero-order chi connectivity index (χ0) is 17.6. The highest BCUT2D eigenvalue weighted by Gasteiger charge is 2.23. The van der Waals surface area contributed by atoms with Crippen LogP contribution in [0, 0.1) is 0 Å². The van der Waals surface area contributed by atoms with Gasteiger partial charge in [0.25, 0.3) is 0 Å². The van der Waals surface area contributed by atoms with E-state index in [1.807, 2.05) is 19.1 Å². The fourth-order valence-electron chi connectivity index (χ4n) is 3.05. The second kappa shape index (κ2) is 8.29. The molecule has 1 aliphatic carbocycles. The van der Waals surface area contributed by atoms with Crippen LogP contribution in [0.2, 0.25) is 0 Å². The fraction of sp³-hybridized carbons (Fsp3) is 0.611. The van der Waals surface area contributed by atoms with E-state index in [4.69, 9.17) is 4.52 Å². The van der Waals surface area contributed by atoms with Crippen LogP contribution in [0.4, 0.5) is 5.88 Å². The van der Waals surface area contributed by atoms with Crippen LogP contribution in [-0.4, -0.2) is 67.3 Å². The average molecular weight is 344 g/mol. The highest BCUT2D eigenvalue weighted by molar-refractivity contribution is 5.94. The van der Waals surface area contributed by atoms with Crippen molar-refractivity contribution < 1.29 is 4.52 Å². The van der Waals surface area contributed by atoms with Crippen LogP contribution in [-0.2, 0) is 0 Å². The molecular weight excluding hydrogens is 316 g/mol. The first-order valence-electron chi connectivity index (χ1n) is 9.09. The van der Waals surface area contributed by atoms with E-state index in [1.165, 1.54) is 19.3 Å². The molecule has 1 saturated carbocycles. The number of likely N-dealkylation sites (N-methyl/N-ethyl adjacent to an activating group) is 1. The van der Waals surface area contributed by atoms with Gasteiger partial charge in [-0.15, -0.1) is 0 Å². The molecule has 2 fully saturated rings. The maximum atomic E-state index is 5.41. The summed E-state index contributed by atoms with van der Waals surface area (Å²) in [6.45, 7) is 10.4. The van der Waals surface area contributed by atoms with E-state index in [1.54, 1.807) is 0 Å². The smallest absolute Gasteiger partial charge is 0.230 e. The number of amidine groups is 1. The summed E-state index contributed by atoms with van der Waals surface area (Å²) in [5.74, 6) is 2.72. The quantitative estimate of drug-likeness (QED) is 0.634. The van der Waals surface area contributed by atoms with Gasteiger partial charge in [-0.3, -0.25) is 4.99 Å². The Labute approximate surface area is 149 Å². The van der Waals surface area contributed by atoms with Gasteiger partial charge in [-0.1, -0.05) is 11.6 Å². The third-order valence-corrected chi connectivity index (χ3v) is 4.89. The Balaban J connectivity index is 1.69. The molecule has 2 aliphatic rings. The van der Waals surface area contributed by atoms with Crippen LogP contribution in [0.15, 0.2) is 32.5 Å². The Bertz CT molecular complexity index is 638. The second-order valence-electron chi connectivity index (χ2n) is 6.68. The van der Waals surface area contributed by atoms with Gasteiger partial charge in [0.15, 0.2) is 0 Å². The summed E-state index contributed by atoms with van der Waals surface area (Å²) in [5, 5.41) is 7.34. The van der Waals surface area contributed by atoms with Crippen LogP contribution in [0.3, 0.4) is 0 Å². The molecule has 1 aliphatic heterocycles. The summed E-state index contributed by atoms with van der Waals surface area (Å²) < 4.78 is 5.41. The summed E-state index contributed by atoms with van der Waals surface area (Å²) in [5.41, 5.74) is 1.03. The minimum Gasteiger partial charge on any atom is -0.354 e. The molecule has 1 aromatic heterocycles. The molecular formula is C18H28N6O. The fourth-order valence-corrected chi connectivity index (χ4v) is 3.05. The first-order chi connectivity index (χ1) is 12.2. The summed E-state index contributed by atoms with van der Waals surface area (Å²) in [7, 11) is 2.14. The van der Waals surface area contributed by atoms with Gasteiger partial charge in [0.05, 0.1) is 5.69 Å². The molecule has 0 spiro atoms. The Morgan fingerprint density at radius 3 is 2.76 bits per heavy atom. The number of piperazine rings is 1. The molecule has 7 nitrogen and oxygen atoms in total. The van der Waals surface area contributed by atoms with E-state index in [2.05, 4.69) is 44.0 Å². The SMILES string of the molecule is C=N/C(=C\C(=NCC)N1CCN(C)CC1)Nc1cc(C2CCC2)no1. The van der Waals surface area contributed by atoms with E-state index >= 15 is 0 Å². The number of rotatable bonds is 6. The van der Waals surface area contributed by atoms with Crippen LogP contribution < -0.4 is 5.32 Å². The Hall–Kier alpha value is -2.15. The summed E-state index contributed by atoms with van der Waals surface area (Å²) in [6.07, 6.45) is 5.62. The first kappa shape index (κ1) is 17.7. The number of aliphatic imine (C=N–C) groups is 2. The molecule has 1 aromatic rings. The number of nitrogens with one attached hydrogen (secondary N) is 1. The molecule has 2 heterocycles. The van der Waals surface area contributed by atoms with Gasteiger partial charge < -0.3 is 19.6 Å². The van der Waals surface area contributed by atoms with Crippen molar-refractivity contribution in [2.24, 2.45) is 9.98 Å². The maximum absolute atomic E-state index is 5.41. The van der Waals surface area contributed by atoms with Gasteiger partial charge in [0, 0.05) is 50.8 Å². The molecule has 136 valence electrons. The lowest BCUT2D eigenvalue weighted by molar-refractivity contribution is 0.216. The van der Waals surface area contributed by atoms with E-state index in [9.17, 15) is 0 Å². The zero-order valence-corrected chi connectivity index (χ0v) is 15.2. The van der Waals surface area contributed by atoms with Crippen molar-refractivity contribution in [3.05, 3.63) is 23.7 Å². The lowest BCUT2D eigenvalue weighted by Crippen LogP contribution is -2.46. The molecule has 3 rings (SSSR count). The van der Waals surface area contributed by atoms with Gasteiger partial charge >= 0.3 is 0 Å². The zero-order valence-electron chi connectivity index (χ0n) is 15.2. The third kappa shape index (κ3) is 4.48. The number of aromatic nitrogens is 1. The second-order valence-corrected chi connectivity index (χ2v) is 6.68. The summed E-state index contributed by atoms with van der Waals surface area (Å²) in [6, 6.07) is 1.97. The van der Waals surface area contributed by atoms with E-state index in [0.717, 1.165) is 44.3 Å². The maximum Gasteiger partial charge on any atom is 0.230 e. The third-order valence-electron chi connectivity index (χ3n) is 4.89. The van der Waals surface area contributed by atoms with Crippen LogP contribution in [0.5, 0.6) is 0 Å². The standard InChI is InChI=1S/C18H28N6O/c1-4-20-17(24-10-8-23(3)9-11-24)13-16(19-2)21-18-12-15(22-25-18)14-6-5-7-14/h12-14,21H,2,4-11H2,1,3H3/b16-13+,20-17?. The van der Waals surface area contributed by atoms with Crippen molar-refractivity contribution in [3.63, 3.8) is 0 Å². The number of hydrogen-bond acceptors (Lipinski definition) is 6. The molecule has 0 aromatic carbocycles. The normalized spacial score (nSPS) is 20.5. The lowest BCUT2D eigenvalue weighted by Gasteiger charge is -2.33. The molecule has 1 saturated heterocycles. The molecule has 0 bridgehead atoms. The van der Waals surface area contributed by atoms with E-state index in [-0.39, 0.29) is 0 Å². The molecule has 7 heteroatoms. The molecule has 0 unspecified atom stereocenters. The Morgan fingerprint density at radius 2 is 2.16 bits per heavy atom. The lowest BCUT2D eigenvalue weighted by atomic mass is 9.83. The first-order valence-corrected chi connectivity index (χ1v) is 9.09. The Kier molecular flexibility index (Phi) is 5.86. The minimum absolute atomic E-state index is 0.547. The van der Waals surface area contributed by atoms with Crippen molar-refractivity contribution >= 4 is 18.4 Å². The Morgan fingerprint density at radius 1 is 1.40 bits per heavy atom. The van der Waals surface area contributed by atoms with Crippen molar-refractivity contribution in [2.45, 2.75) is 32.1 Å². The molecule has 0 amide bonds. The predicted molar refractivity (Wildman–Crippen MR) is 101 cm³/mol. The van der Waals surface area contributed by atoms with Gasteiger partial charge in [0.1, 0.15) is 11.7 Å². The van der Waals surface area contributed by atoms with Gasteiger partial charge in [-0.2, -0.15) is 0 Å². The molecule has 1 N–H and O–H groups in total. The van der Waals surface area contributed by atoms with Gasteiger partial charge in [0.2, 0.25) is 5.88 Å². The van der Waals surface area contributed by atoms with E-state index < -0.39 is 0 Å². The number of anilines is 1. The number of nitrogens with zero attached hydrogens (tertiary/aromatic N) is 5. The summed E-state index contributed by atoms with van der Waals surface area (Å²) >= 11 is 0. The van der Waals surface area contributed by atoms with Gasteiger partial charge in [-0.25, -0.2) is 4.99 Å². The molecule has 0 radical (unpaired) electrons. The molecule has 0 atom stereocenters. The number of hydrogen-bond donors (Lipinski definition) is 1. The minimum atomic E-state index is 0.547. The largest absolute Gasteiger partial charge is 0.354 e. The van der Waals surface area contributed by atoms with Crippen molar-refractivity contribution in [3.8, 4) is 0 Å². The predicted octanol–water partition coefficient (Wildman–Crippen LogP) is 2.56. The van der Waals surface area contributed by atoms with Crippen molar-refractivity contribution in [2.75, 3.05) is 45.1 Å². The average Bonchev–Trinajstić information content (AvgIpc) is 3.00. The monoisotopic (exact) mass is 344 g/mol. The van der Waals surface area contributed by atoms with Crippen LogP contribution in [0.1, 0.15) is 37.8 Å². The van der Waals surface area contributed by atoms with Gasteiger partial charge in [-0.05, 0) is 33.5 Å². The topological polar surface area (TPSA) is 69.3 Å². The van der Waals surface area contributed by atoms with E-state index in [0.29, 0.717) is 17.6 Å². The highest BCUT2D eigenvalue weighted by Crippen LogP contribution is 2.36. The van der Waals surface area contributed by atoms with Crippen molar-refractivity contribution in [1.29, 1.82) is 0 Å². The van der Waals surface area contributed by atoms with Crippen molar-refractivity contribution in [1.82, 2.24) is 15.0 Å². The van der Waals surface area contributed by atoms with Crippen LogP contribution >= 0.6 is 0 Å². The summed E-state index contributed by atoms with van der Waals surface area (Å²) in [4.78, 5) is 13.3. The molecule has 25 heavy (non-hydrogen) atoms.